The molecule has 8 heteroatoms. The summed E-state index contributed by atoms with van der Waals surface area (Å²) in [5.41, 5.74) is 2.23. The summed E-state index contributed by atoms with van der Waals surface area (Å²) in [6, 6.07) is 8.93. The smallest absolute Gasteiger partial charge is 0.254 e. The number of rotatable bonds is 6. The van der Waals surface area contributed by atoms with E-state index in [1.54, 1.807) is 22.2 Å². The highest BCUT2D eigenvalue weighted by Gasteiger charge is 2.20. The van der Waals surface area contributed by atoms with E-state index in [0.29, 0.717) is 12.1 Å². The molecule has 2 aliphatic rings. The first-order chi connectivity index (χ1) is 17.1. The summed E-state index contributed by atoms with van der Waals surface area (Å²) in [4.78, 5) is 33.3. The van der Waals surface area contributed by atoms with Gasteiger partial charge in [-0.15, -0.1) is 0 Å². The number of aryl methyl sites for hydroxylation is 2. The van der Waals surface area contributed by atoms with E-state index in [1.807, 2.05) is 37.6 Å². The molecule has 0 bridgehead atoms. The van der Waals surface area contributed by atoms with Crippen LogP contribution in [0.25, 0.3) is 0 Å². The molecule has 0 N–H and O–H groups in total. The lowest BCUT2D eigenvalue weighted by atomic mass is 10.2. The van der Waals surface area contributed by atoms with Crippen LogP contribution in [0.15, 0.2) is 46.2 Å². The third kappa shape index (κ3) is 8.13. The molecule has 2 aliphatic heterocycles. The first kappa shape index (κ1) is 28.3. The van der Waals surface area contributed by atoms with Crippen LogP contribution in [0.3, 0.4) is 0 Å². The van der Waals surface area contributed by atoms with Gasteiger partial charge in [-0.25, -0.2) is 0 Å². The molecule has 2 aromatic rings. The molecule has 0 radical (unpaired) electrons. The zero-order valence-corrected chi connectivity index (χ0v) is 23.2. The number of aromatic nitrogens is 2. The fraction of sp³-hybridized carbons (Fsp3) is 0.643. The van der Waals surface area contributed by atoms with Gasteiger partial charge in [-0.3, -0.25) is 29.2 Å². The van der Waals surface area contributed by atoms with Gasteiger partial charge in [0.2, 0.25) is 0 Å². The lowest BCUT2D eigenvalue weighted by Crippen LogP contribution is -2.48. The van der Waals surface area contributed by atoms with Gasteiger partial charge in [0.1, 0.15) is 0 Å². The van der Waals surface area contributed by atoms with Crippen LogP contribution in [0.5, 0.6) is 0 Å². The number of piperazine rings is 2. The zero-order chi connectivity index (χ0) is 26.2. The Morgan fingerprint density at radius 1 is 0.694 bits per heavy atom. The zero-order valence-electron chi connectivity index (χ0n) is 23.2. The lowest BCUT2D eigenvalue weighted by Gasteiger charge is -2.36. The Morgan fingerprint density at radius 3 is 1.72 bits per heavy atom. The van der Waals surface area contributed by atoms with Gasteiger partial charge in [-0.2, -0.15) is 0 Å². The highest BCUT2D eigenvalue weighted by molar-refractivity contribution is 5.11. The van der Waals surface area contributed by atoms with Gasteiger partial charge >= 0.3 is 0 Å². The monoisotopic (exact) mass is 498 g/mol. The summed E-state index contributed by atoms with van der Waals surface area (Å²) in [6.07, 6.45) is 3.66. The number of nitrogens with zero attached hydrogens (tertiary/aromatic N) is 6. The van der Waals surface area contributed by atoms with Gasteiger partial charge < -0.3 is 9.13 Å². The summed E-state index contributed by atoms with van der Waals surface area (Å²) in [5.74, 6) is 0. The molecule has 200 valence electrons. The van der Waals surface area contributed by atoms with E-state index in [4.69, 9.17) is 0 Å². The molecule has 2 fully saturated rings. The Morgan fingerprint density at radius 2 is 1.22 bits per heavy atom. The summed E-state index contributed by atoms with van der Waals surface area (Å²) < 4.78 is 3.26. The molecule has 0 unspecified atom stereocenters. The molecule has 0 amide bonds. The van der Waals surface area contributed by atoms with Crippen LogP contribution < -0.4 is 11.1 Å². The van der Waals surface area contributed by atoms with E-state index < -0.39 is 0 Å². The standard InChI is InChI=1S/2C14H23N3O/c1-12(2)17-8-6-16(7-9-17)11-13-4-5-15(3)14(18)10-13;1-12(2)17-9-7-16(8-10-17)11-13-5-4-6-15(3)14(13)18/h4-5,10,12H,6-9,11H2,1-3H3;4-6,12H,7-11H2,1-3H3. The Balaban J connectivity index is 0.000000201. The minimum atomic E-state index is 0.0771. The second-order valence-corrected chi connectivity index (χ2v) is 10.7. The largest absolute Gasteiger partial charge is 0.319 e. The fourth-order valence-corrected chi connectivity index (χ4v) is 4.84. The fourth-order valence-electron chi connectivity index (χ4n) is 4.84. The van der Waals surface area contributed by atoms with Gasteiger partial charge in [-0.05, 0) is 45.4 Å². The molecule has 2 aromatic heterocycles. The third-order valence-corrected chi connectivity index (χ3v) is 7.45. The predicted molar refractivity (Wildman–Crippen MR) is 147 cm³/mol. The lowest BCUT2D eigenvalue weighted by molar-refractivity contribution is 0.104. The van der Waals surface area contributed by atoms with Crippen molar-refractivity contribution in [3.05, 3.63) is 68.5 Å². The van der Waals surface area contributed by atoms with Gasteiger partial charge in [0, 0.05) is 116 Å². The maximum absolute atomic E-state index is 11.9. The van der Waals surface area contributed by atoms with Crippen molar-refractivity contribution in [1.82, 2.24) is 28.7 Å². The van der Waals surface area contributed by atoms with Crippen molar-refractivity contribution >= 4 is 0 Å². The van der Waals surface area contributed by atoms with E-state index in [-0.39, 0.29) is 11.1 Å². The van der Waals surface area contributed by atoms with Crippen molar-refractivity contribution in [1.29, 1.82) is 0 Å². The van der Waals surface area contributed by atoms with Crippen LogP contribution in [0.2, 0.25) is 0 Å². The SMILES string of the molecule is CC(C)N1CCN(Cc2cccn(C)c2=O)CC1.CC(C)N1CCN(Cc2ccn(C)c(=O)c2)CC1. The Hall–Kier alpha value is -2.26. The predicted octanol–water partition coefficient (Wildman–Crippen LogP) is 1.82. The number of pyridine rings is 2. The van der Waals surface area contributed by atoms with E-state index in [1.165, 1.54) is 0 Å². The molecule has 0 atom stereocenters. The minimum absolute atomic E-state index is 0.0771. The molecular formula is C28H46N6O2. The molecule has 0 aromatic carbocycles. The molecule has 4 rings (SSSR count). The van der Waals surface area contributed by atoms with Crippen molar-refractivity contribution in [2.75, 3.05) is 52.4 Å². The average Bonchev–Trinajstić information content (AvgIpc) is 2.85. The van der Waals surface area contributed by atoms with Gasteiger partial charge in [0.05, 0.1) is 0 Å². The van der Waals surface area contributed by atoms with E-state index in [0.717, 1.165) is 76.6 Å². The summed E-state index contributed by atoms with van der Waals surface area (Å²) >= 11 is 0. The van der Waals surface area contributed by atoms with Crippen molar-refractivity contribution in [3.63, 3.8) is 0 Å². The molecule has 0 saturated carbocycles. The molecule has 8 nitrogen and oxygen atoms in total. The first-order valence-electron chi connectivity index (χ1n) is 13.4. The molecule has 4 heterocycles. The summed E-state index contributed by atoms with van der Waals surface area (Å²) in [6.45, 7) is 19.4. The Labute approximate surface area is 216 Å². The van der Waals surface area contributed by atoms with Crippen LogP contribution in [0.4, 0.5) is 0 Å². The van der Waals surface area contributed by atoms with E-state index >= 15 is 0 Å². The Kier molecular flexibility index (Phi) is 10.5. The second kappa shape index (κ2) is 13.3. The third-order valence-electron chi connectivity index (χ3n) is 7.45. The van der Waals surface area contributed by atoms with Crippen LogP contribution in [-0.2, 0) is 27.2 Å². The van der Waals surface area contributed by atoms with E-state index in [9.17, 15) is 9.59 Å². The average molecular weight is 499 g/mol. The van der Waals surface area contributed by atoms with Crippen molar-refractivity contribution in [2.45, 2.75) is 52.9 Å². The van der Waals surface area contributed by atoms with E-state index in [2.05, 4.69) is 47.3 Å². The van der Waals surface area contributed by atoms with Gasteiger partial charge in [-0.1, -0.05) is 6.07 Å². The van der Waals surface area contributed by atoms with Crippen molar-refractivity contribution in [2.24, 2.45) is 14.1 Å². The summed E-state index contributed by atoms with van der Waals surface area (Å²) in [5, 5.41) is 0. The maximum Gasteiger partial charge on any atom is 0.254 e. The molecular weight excluding hydrogens is 452 g/mol. The van der Waals surface area contributed by atoms with Gasteiger partial charge in [0.25, 0.3) is 11.1 Å². The van der Waals surface area contributed by atoms with Crippen molar-refractivity contribution < 1.29 is 0 Å². The quantitative estimate of drug-likeness (QED) is 0.606. The molecule has 0 spiro atoms. The molecule has 36 heavy (non-hydrogen) atoms. The minimum Gasteiger partial charge on any atom is -0.319 e. The van der Waals surface area contributed by atoms with Crippen LogP contribution in [-0.4, -0.2) is 93.2 Å². The number of hydrogen-bond donors (Lipinski definition) is 0. The Bertz CT molecular complexity index is 1060. The first-order valence-corrected chi connectivity index (χ1v) is 13.4. The van der Waals surface area contributed by atoms with Crippen molar-refractivity contribution in [3.8, 4) is 0 Å². The van der Waals surface area contributed by atoms with Gasteiger partial charge in [0.15, 0.2) is 0 Å². The molecule has 2 saturated heterocycles. The summed E-state index contributed by atoms with van der Waals surface area (Å²) in [7, 11) is 3.59. The highest BCUT2D eigenvalue weighted by atomic mass is 16.1. The van der Waals surface area contributed by atoms with Crippen LogP contribution in [0.1, 0.15) is 38.8 Å². The second-order valence-electron chi connectivity index (χ2n) is 10.7. The topological polar surface area (TPSA) is 57.0 Å². The van der Waals surface area contributed by atoms with Crippen LogP contribution >= 0.6 is 0 Å². The highest BCUT2D eigenvalue weighted by Crippen LogP contribution is 2.10. The maximum atomic E-state index is 11.9. The number of hydrogen-bond acceptors (Lipinski definition) is 6. The molecule has 0 aliphatic carbocycles. The van der Waals surface area contributed by atoms with Crippen LogP contribution in [0, 0.1) is 0 Å². The normalized spacial score (nSPS) is 18.4.